The van der Waals surface area contributed by atoms with E-state index in [0.29, 0.717) is 16.4 Å². The van der Waals surface area contributed by atoms with Crippen molar-refractivity contribution < 1.29 is 4.79 Å². The van der Waals surface area contributed by atoms with E-state index in [1.54, 1.807) is 31.3 Å². The minimum Gasteiger partial charge on any atom is -0.387 e. The Balaban J connectivity index is 2.07. The van der Waals surface area contributed by atoms with Crippen molar-refractivity contribution in [2.24, 2.45) is 0 Å². The van der Waals surface area contributed by atoms with Crippen molar-refractivity contribution in [2.75, 3.05) is 17.7 Å². The van der Waals surface area contributed by atoms with Gasteiger partial charge in [0.1, 0.15) is 6.54 Å². The van der Waals surface area contributed by atoms with Gasteiger partial charge in [-0.25, -0.2) is 4.68 Å². The van der Waals surface area contributed by atoms with Crippen molar-refractivity contribution in [3.8, 4) is 0 Å². The van der Waals surface area contributed by atoms with E-state index in [1.807, 2.05) is 0 Å². The van der Waals surface area contributed by atoms with Crippen molar-refractivity contribution in [3.63, 3.8) is 0 Å². The standard InChI is InChI=1S/C13H13ClN4O2/c1-15-11-6-13(20)18(16-7-11)8-12(19)17-10-4-2-3-9(14)5-10/h2-7,15H,8H2,1H3,(H,17,19). The Morgan fingerprint density at radius 2 is 2.15 bits per heavy atom. The first kappa shape index (κ1) is 14.1. The quantitative estimate of drug-likeness (QED) is 0.897. The molecule has 0 aliphatic rings. The Morgan fingerprint density at radius 3 is 2.80 bits per heavy atom. The largest absolute Gasteiger partial charge is 0.387 e. The monoisotopic (exact) mass is 292 g/mol. The number of hydrogen-bond donors (Lipinski definition) is 2. The highest BCUT2D eigenvalue weighted by atomic mass is 35.5. The van der Waals surface area contributed by atoms with Crippen molar-refractivity contribution in [3.05, 3.63) is 51.9 Å². The van der Waals surface area contributed by atoms with Crippen LogP contribution < -0.4 is 16.2 Å². The Kier molecular flexibility index (Phi) is 4.37. The fraction of sp³-hybridized carbons (Fsp3) is 0.154. The molecule has 1 aromatic carbocycles. The number of halogens is 1. The van der Waals surface area contributed by atoms with Crippen LogP contribution >= 0.6 is 11.6 Å². The molecule has 0 bridgehead atoms. The third-order valence-electron chi connectivity index (χ3n) is 2.56. The Hall–Kier alpha value is -2.34. The van der Waals surface area contributed by atoms with Crippen LogP contribution in [0.15, 0.2) is 41.3 Å². The molecule has 0 unspecified atom stereocenters. The molecule has 0 atom stereocenters. The zero-order valence-electron chi connectivity index (χ0n) is 10.8. The topological polar surface area (TPSA) is 76.0 Å². The first-order valence-corrected chi connectivity index (χ1v) is 6.26. The average molecular weight is 293 g/mol. The molecule has 0 saturated carbocycles. The zero-order valence-corrected chi connectivity index (χ0v) is 11.5. The molecular formula is C13H13ClN4O2. The van der Waals surface area contributed by atoms with Crippen LogP contribution in [0.25, 0.3) is 0 Å². The molecule has 0 fully saturated rings. The highest BCUT2D eigenvalue weighted by Crippen LogP contribution is 2.14. The number of carbonyl (C=O) groups excluding carboxylic acids is 1. The van der Waals surface area contributed by atoms with Crippen LogP contribution in [0.4, 0.5) is 11.4 Å². The van der Waals surface area contributed by atoms with Crippen LogP contribution in [-0.4, -0.2) is 22.7 Å². The summed E-state index contributed by atoms with van der Waals surface area (Å²) < 4.78 is 1.08. The molecule has 20 heavy (non-hydrogen) atoms. The van der Waals surface area contributed by atoms with Gasteiger partial charge in [-0.3, -0.25) is 9.59 Å². The Labute approximate surface area is 120 Å². The van der Waals surface area contributed by atoms with Gasteiger partial charge < -0.3 is 10.6 Å². The van der Waals surface area contributed by atoms with E-state index in [9.17, 15) is 9.59 Å². The van der Waals surface area contributed by atoms with Crippen molar-refractivity contribution >= 4 is 28.9 Å². The molecule has 2 aromatic rings. The molecule has 1 heterocycles. The maximum atomic E-state index is 11.8. The lowest BCUT2D eigenvalue weighted by atomic mass is 10.3. The Bertz CT molecular complexity index is 684. The first-order chi connectivity index (χ1) is 9.58. The van der Waals surface area contributed by atoms with E-state index in [0.717, 1.165) is 4.68 Å². The molecule has 0 aliphatic heterocycles. The molecule has 1 amide bonds. The van der Waals surface area contributed by atoms with Crippen LogP contribution in [0.1, 0.15) is 0 Å². The summed E-state index contributed by atoms with van der Waals surface area (Å²) in [5.74, 6) is -0.348. The molecule has 2 rings (SSSR count). The van der Waals surface area contributed by atoms with Crippen LogP contribution in [0.5, 0.6) is 0 Å². The fourth-order valence-corrected chi connectivity index (χ4v) is 1.78. The van der Waals surface area contributed by atoms with Crippen LogP contribution in [-0.2, 0) is 11.3 Å². The average Bonchev–Trinajstić information content (AvgIpc) is 2.41. The van der Waals surface area contributed by atoms with Crippen molar-refractivity contribution in [1.82, 2.24) is 9.78 Å². The summed E-state index contributed by atoms with van der Waals surface area (Å²) in [7, 11) is 1.69. The van der Waals surface area contributed by atoms with Gasteiger partial charge in [0.15, 0.2) is 0 Å². The van der Waals surface area contributed by atoms with Gasteiger partial charge in [0.25, 0.3) is 5.56 Å². The summed E-state index contributed by atoms with van der Waals surface area (Å²) in [6.07, 6.45) is 1.48. The predicted molar refractivity (Wildman–Crippen MR) is 78.1 cm³/mol. The van der Waals surface area contributed by atoms with E-state index < -0.39 is 0 Å². The second kappa shape index (κ2) is 6.21. The zero-order chi connectivity index (χ0) is 14.5. The number of carbonyl (C=O) groups is 1. The highest BCUT2D eigenvalue weighted by molar-refractivity contribution is 6.30. The smallest absolute Gasteiger partial charge is 0.269 e. The lowest BCUT2D eigenvalue weighted by Crippen LogP contribution is -2.29. The molecule has 0 aliphatic carbocycles. The SMILES string of the molecule is CNc1cnn(CC(=O)Nc2cccc(Cl)c2)c(=O)c1. The summed E-state index contributed by atoms with van der Waals surface area (Å²) in [6, 6.07) is 8.15. The number of benzene rings is 1. The van der Waals surface area contributed by atoms with Crippen LogP contribution in [0.3, 0.4) is 0 Å². The minimum absolute atomic E-state index is 0.157. The van der Waals surface area contributed by atoms with E-state index >= 15 is 0 Å². The van der Waals surface area contributed by atoms with Crippen LogP contribution in [0, 0.1) is 0 Å². The second-order valence-electron chi connectivity index (χ2n) is 4.05. The molecule has 7 heteroatoms. The second-order valence-corrected chi connectivity index (χ2v) is 4.49. The number of amides is 1. The van der Waals surface area contributed by atoms with Crippen molar-refractivity contribution in [1.29, 1.82) is 0 Å². The molecular weight excluding hydrogens is 280 g/mol. The third-order valence-corrected chi connectivity index (χ3v) is 2.80. The normalized spacial score (nSPS) is 10.1. The lowest BCUT2D eigenvalue weighted by molar-refractivity contribution is -0.117. The number of rotatable bonds is 4. The number of hydrogen-bond acceptors (Lipinski definition) is 4. The van der Waals surface area contributed by atoms with Gasteiger partial charge in [0.05, 0.1) is 11.9 Å². The molecule has 1 aromatic heterocycles. The first-order valence-electron chi connectivity index (χ1n) is 5.89. The van der Waals surface area contributed by atoms with Gasteiger partial charge in [-0.05, 0) is 18.2 Å². The van der Waals surface area contributed by atoms with Crippen LogP contribution in [0.2, 0.25) is 5.02 Å². The maximum Gasteiger partial charge on any atom is 0.269 e. The van der Waals surface area contributed by atoms with E-state index in [4.69, 9.17) is 11.6 Å². The van der Waals surface area contributed by atoms with Gasteiger partial charge in [-0.15, -0.1) is 0 Å². The summed E-state index contributed by atoms with van der Waals surface area (Å²) in [6.45, 7) is -0.157. The summed E-state index contributed by atoms with van der Waals surface area (Å²) in [5.41, 5.74) is 0.821. The maximum absolute atomic E-state index is 11.8. The van der Waals surface area contributed by atoms with Gasteiger partial charge >= 0.3 is 0 Å². The molecule has 0 radical (unpaired) electrons. The third kappa shape index (κ3) is 3.58. The van der Waals surface area contributed by atoms with E-state index in [2.05, 4.69) is 15.7 Å². The number of nitrogens with one attached hydrogen (secondary N) is 2. The molecule has 0 saturated heterocycles. The number of nitrogens with zero attached hydrogens (tertiary/aromatic N) is 2. The summed E-state index contributed by atoms with van der Waals surface area (Å²) >= 11 is 5.82. The minimum atomic E-state index is -0.349. The van der Waals surface area contributed by atoms with Gasteiger partial charge in [0.2, 0.25) is 5.91 Å². The molecule has 6 nitrogen and oxygen atoms in total. The van der Waals surface area contributed by atoms with Gasteiger partial charge in [0, 0.05) is 23.8 Å². The summed E-state index contributed by atoms with van der Waals surface area (Å²) in [4.78, 5) is 23.5. The number of anilines is 2. The fourth-order valence-electron chi connectivity index (χ4n) is 1.59. The Morgan fingerprint density at radius 1 is 1.35 bits per heavy atom. The van der Waals surface area contributed by atoms with Gasteiger partial charge in [-0.2, -0.15) is 5.10 Å². The lowest BCUT2D eigenvalue weighted by Gasteiger charge is -2.07. The van der Waals surface area contributed by atoms with Crippen molar-refractivity contribution in [2.45, 2.75) is 6.54 Å². The molecule has 0 spiro atoms. The van der Waals surface area contributed by atoms with E-state index in [1.165, 1.54) is 12.3 Å². The predicted octanol–water partition coefficient (Wildman–Crippen LogP) is 1.58. The number of aromatic nitrogens is 2. The van der Waals surface area contributed by atoms with Gasteiger partial charge in [-0.1, -0.05) is 17.7 Å². The molecule has 2 N–H and O–H groups in total. The van der Waals surface area contributed by atoms with E-state index in [-0.39, 0.29) is 18.0 Å². The highest BCUT2D eigenvalue weighted by Gasteiger charge is 2.07. The summed E-state index contributed by atoms with van der Waals surface area (Å²) in [5, 5.41) is 9.88. The molecule has 104 valence electrons.